The molecule has 19 heavy (non-hydrogen) atoms. The maximum absolute atomic E-state index is 5.32. The number of aryl methyl sites for hydroxylation is 1. The van der Waals surface area contributed by atoms with Crippen LogP contribution in [0.1, 0.15) is 18.9 Å². The van der Waals surface area contributed by atoms with Crippen LogP contribution in [0.25, 0.3) is 0 Å². The van der Waals surface area contributed by atoms with Crippen molar-refractivity contribution in [1.29, 1.82) is 0 Å². The topological polar surface area (TPSA) is 39.1 Å². The zero-order valence-corrected chi connectivity index (χ0v) is 12.1. The number of hydrogen-bond donors (Lipinski definition) is 1. The van der Waals surface area contributed by atoms with E-state index in [-0.39, 0.29) is 12.4 Å². The van der Waals surface area contributed by atoms with E-state index in [4.69, 9.17) is 4.74 Å². The number of aromatic nitrogens is 2. The Morgan fingerprint density at radius 2 is 2.11 bits per heavy atom. The van der Waals surface area contributed by atoms with Gasteiger partial charge in [0, 0.05) is 24.8 Å². The van der Waals surface area contributed by atoms with Crippen molar-refractivity contribution >= 4 is 18.1 Å². The molecule has 0 saturated heterocycles. The summed E-state index contributed by atoms with van der Waals surface area (Å²) in [7, 11) is 1.69. The second-order valence-corrected chi connectivity index (χ2v) is 4.16. The quantitative estimate of drug-likeness (QED) is 0.883. The maximum atomic E-state index is 5.32. The number of hydrogen-bond acceptors (Lipinski definition) is 3. The highest BCUT2D eigenvalue weighted by Gasteiger charge is 2.02. The molecule has 1 aromatic carbocycles. The normalized spacial score (nSPS) is 9.79. The second-order valence-electron chi connectivity index (χ2n) is 4.16. The first kappa shape index (κ1) is 15.4. The van der Waals surface area contributed by atoms with Gasteiger partial charge in [0.05, 0.1) is 19.0 Å². The molecule has 0 aliphatic heterocycles. The van der Waals surface area contributed by atoms with Gasteiger partial charge < -0.3 is 10.1 Å². The van der Waals surface area contributed by atoms with Gasteiger partial charge in [-0.05, 0) is 12.5 Å². The molecule has 2 rings (SSSR count). The lowest BCUT2D eigenvalue weighted by atomic mass is 10.2. The number of nitrogens with one attached hydrogen (secondary N) is 1. The number of nitrogens with zero attached hydrogens (tertiary/aromatic N) is 2. The van der Waals surface area contributed by atoms with Gasteiger partial charge in [-0.2, -0.15) is 5.10 Å². The van der Waals surface area contributed by atoms with Crippen molar-refractivity contribution in [1.82, 2.24) is 9.78 Å². The highest BCUT2D eigenvalue weighted by atomic mass is 35.5. The molecule has 0 saturated carbocycles. The third-order valence-corrected chi connectivity index (χ3v) is 2.76. The molecule has 0 aliphatic carbocycles. The molecule has 1 N–H and O–H groups in total. The molecule has 1 heterocycles. The zero-order chi connectivity index (χ0) is 12.8. The third kappa shape index (κ3) is 4.17. The minimum absolute atomic E-state index is 0. The highest BCUT2D eigenvalue weighted by molar-refractivity contribution is 5.85. The van der Waals surface area contributed by atoms with E-state index in [1.807, 2.05) is 35.3 Å². The molecular formula is C14H20ClN3O. The Morgan fingerprint density at radius 1 is 1.32 bits per heavy atom. The Morgan fingerprint density at radius 3 is 2.84 bits per heavy atom. The van der Waals surface area contributed by atoms with Crippen LogP contribution >= 0.6 is 12.4 Å². The molecular weight excluding hydrogens is 262 g/mol. The molecule has 1 aromatic heterocycles. The van der Waals surface area contributed by atoms with E-state index in [0.717, 1.165) is 36.5 Å². The molecule has 0 spiro atoms. The summed E-state index contributed by atoms with van der Waals surface area (Å²) >= 11 is 0. The van der Waals surface area contributed by atoms with E-state index >= 15 is 0 Å². The summed E-state index contributed by atoms with van der Waals surface area (Å²) in [5.41, 5.74) is 2.18. The number of para-hydroxylation sites is 1. The van der Waals surface area contributed by atoms with Crippen LogP contribution in [0.3, 0.4) is 0 Å². The maximum Gasteiger partial charge on any atom is 0.123 e. The Labute approximate surface area is 120 Å². The van der Waals surface area contributed by atoms with Crippen LogP contribution in [0.15, 0.2) is 36.7 Å². The van der Waals surface area contributed by atoms with Crippen molar-refractivity contribution in [2.24, 2.45) is 0 Å². The summed E-state index contributed by atoms with van der Waals surface area (Å²) in [4.78, 5) is 0. The molecule has 0 aliphatic rings. The monoisotopic (exact) mass is 281 g/mol. The second kappa shape index (κ2) is 7.69. The number of benzene rings is 1. The first-order valence-electron chi connectivity index (χ1n) is 6.21. The summed E-state index contributed by atoms with van der Waals surface area (Å²) in [5.74, 6) is 0.908. The molecule has 0 bridgehead atoms. The van der Waals surface area contributed by atoms with Gasteiger partial charge in [0.25, 0.3) is 0 Å². The Balaban J connectivity index is 0.00000180. The van der Waals surface area contributed by atoms with Gasteiger partial charge in [-0.1, -0.05) is 25.1 Å². The van der Waals surface area contributed by atoms with Crippen LogP contribution in [-0.2, 0) is 13.1 Å². The van der Waals surface area contributed by atoms with Crippen LogP contribution in [0, 0.1) is 0 Å². The summed E-state index contributed by atoms with van der Waals surface area (Å²) in [5, 5.41) is 7.63. The van der Waals surface area contributed by atoms with E-state index in [1.54, 1.807) is 7.11 Å². The van der Waals surface area contributed by atoms with Crippen LogP contribution < -0.4 is 10.1 Å². The van der Waals surface area contributed by atoms with E-state index in [1.165, 1.54) is 0 Å². The Hall–Kier alpha value is -1.68. The smallest absolute Gasteiger partial charge is 0.123 e. The Kier molecular flexibility index (Phi) is 6.22. The van der Waals surface area contributed by atoms with Crippen LogP contribution in [0.5, 0.6) is 5.75 Å². The molecule has 4 nitrogen and oxygen atoms in total. The molecule has 2 aromatic rings. The standard InChI is InChI=1S/C14H19N3O.ClH/c1-3-8-17-11-13(10-16-17)15-9-12-6-4-5-7-14(12)18-2;/h4-7,10-11,15H,3,8-9H2,1-2H3;1H. The fourth-order valence-electron chi connectivity index (χ4n) is 1.85. The molecule has 0 fully saturated rings. The van der Waals surface area contributed by atoms with E-state index in [9.17, 15) is 0 Å². The van der Waals surface area contributed by atoms with E-state index in [0.29, 0.717) is 0 Å². The van der Waals surface area contributed by atoms with Gasteiger partial charge in [-0.3, -0.25) is 4.68 Å². The fraction of sp³-hybridized carbons (Fsp3) is 0.357. The first-order valence-corrected chi connectivity index (χ1v) is 6.21. The van der Waals surface area contributed by atoms with Gasteiger partial charge in [-0.25, -0.2) is 0 Å². The van der Waals surface area contributed by atoms with Crippen LogP contribution in [-0.4, -0.2) is 16.9 Å². The third-order valence-electron chi connectivity index (χ3n) is 2.76. The lowest BCUT2D eigenvalue weighted by Crippen LogP contribution is -2.01. The molecule has 0 radical (unpaired) electrons. The van der Waals surface area contributed by atoms with E-state index < -0.39 is 0 Å². The fourth-order valence-corrected chi connectivity index (χ4v) is 1.85. The molecule has 0 unspecified atom stereocenters. The van der Waals surface area contributed by atoms with Gasteiger partial charge in [0.2, 0.25) is 0 Å². The molecule has 0 amide bonds. The lowest BCUT2D eigenvalue weighted by Gasteiger charge is -2.08. The number of anilines is 1. The largest absolute Gasteiger partial charge is 0.496 e. The van der Waals surface area contributed by atoms with Crippen LogP contribution in [0.4, 0.5) is 5.69 Å². The van der Waals surface area contributed by atoms with Crippen molar-refractivity contribution in [2.75, 3.05) is 12.4 Å². The first-order chi connectivity index (χ1) is 8.83. The lowest BCUT2D eigenvalue weighted by molar-refractivity contribution is 0.410. The van der Waals surface area contributed by atoms with Gasteiger partial charge >= 0.3 is 0 Å². The van der Waals surface area contributed by atoms with E-state index in [2.05, 4.69) is 23.4 Å². The Bertz CT molecular complexity index is 499. The summed E-state index contributed by atoms with van der Waals surface area (Å²) < 4.78 is 7.27. The minimum atomic E-state index is 0. The summed E-state index contributed by atoms with van der Waals surface area (Å²) in [6, 6.07) is 8.02. The number of methoxy groups -OCH3 is 1. The van der Waals surface area contributed by atoms with Gasteiger partial charge in [0.15, 0.2) is 0 Å². The predicted molar refractivity (Wildman–Crippen MR) is 80.1 cm³/mol. The SMILES string of the molecule is CCCn1cc(NCc2ccccc2OC)cn1.Cl. The predicted octanol–water partition coefficient (Wildman–Crippen LogP) is 3.34. The van der Waals surface area contributed by atoms with Crippen molar-refractivity contribution in [3.63, 3.8) is 0 Å². The number of ether oxygens (including phenoxy) is 1. The van der Waals surface area contributed by atoms with Gasteiger partial charge in [-0.15, -0.1) is 12.4 Å². The average Bonchev–Trinajstić information content (AvgIpc) is 2.85. The number of halogens is 1. The summed E-state index contributed by atoms with van der Waals surface area (Å²) in [6.45, 7) is 3.84. The van der Waals surface area contributed by atoms with Gasteiger partial charge in [0.1, 0.15) is 5.75 Å². The molecule has 5 heteroatoms. The zero-order valence-electron chi connectivity index (χ0n) is 11.3. The highest BCUT2D eigenvalue weighted by Crippen LogP contribution is 2.18. The van der Waals surface area contributed by atoms with Crippen molar-refractivity contribution in [2.45, 2.75) is 26.4 Å². The summed E-state index contributed by atoms with van der Waals surface area (Å²) in [6.07, 6.45) is 4.97. The van der Waals surface area contributed by atoms with Crippen molar-refractivity contribution in [3.05, 3.63) is 42.2 Å². The van der Waals surface area contributed by atoms with Crippen LogP contribution in [0.2, 0.25) is 0 Å². The molecule has 104 valence electrons. The molecule has 0 atom stereocenters. The average molecular weight is 282 g/mol. The van der Waals surface area contributed by atoms with Crippen molar-refractivity contribution < 1.29 is 4.74 Å². The minimum Gasteiger partial charge on any atom is -0.496 e. The van der Waals surface area contributed by atoms with Crippen molar-refractivity contribution in [3.8, 4) is 5.75 Å². The number of rotatable bonds is 6.